The first-order valence-electron chi connectivity index (χ1n) is 6.06. The van der Waals surface area contributed by atoms with Crippen LogP contribution in [0.2, 0.25) is 0 Å². The maximum Gasteiger partial charge on any atom is 0.169 e. The highest BCUT2D eigenvalue weighted by molar-refractivity contribution is 7.80. The highest BCUT2D eigenvalue weighted by Gasteiger charge is 2.32. The zero-order valence-corrected chi connectivity index (χ0v) is 12.3. The minimum atomic E-state index is -0.145. The maximum absolute atomic E-state index is 5.85. The van der Waals surface area contributed by atoms with Crippen molar-refractivity contribution >= 4 is 17.3 Å². The Kier molecular flexibility index (Phi) is 5.16. The molecule has 0 amide bonds. The van der Waals surface area contributed by atoms with Crippen LogP contribution in [0, 0.1) is 0 Å². The van der Waals surface area contributed by atoms with Crippen molar-refractivity contribution in [3.05, 3.63) is 0 Å². The zero-order valence-electron chi connectivity index (χ0n) is 11.4. The third kappa shape index (κ3) is 4.77. The summed E-state index contributed by atoms with van der Waals surface area (Å²) in [5.41, 5.74) is -0.145. The van der Waals surface area contributed by atoms with Crippen molar-refractivity contribution in [3.63, 3.8) is 0 Å². The van der Waals surface area contributed by atoms with Gasteiger partial charge in [-0.05, 0) is 39.9 Å². The molecule has 0 bridgehead atoms. The van der Waals surface area contributed by atoms with Crippen molar-refractivity contribution in [1.82, 2.24) is 10.2 Å². The Balaban J connectivity index is 2.51. The van der Waals surface area contributed by atoms with E-state index in [0.29, 0.717) is 6.61 Å². The largest absolute Gasteiger partial charge is 0.383 e. The molecule has 1 aliphatic heterocycles. The third-order valence-electron chi connectivity index (χ3n) is 2.64. The van der Waals surface area contributed by atoms with Gasteiger partial charge in [-0.3, -0.25) is 0 Å². The van der Waals surface area contributed by atoms with Crippen LogP contribution < -0.4 is 5.32 Å². The molecule has 5 heteroatoms. The molecule has 0 spiro atoms. The number of nitrogens with one attached hydrogen (secondary N) is 1. The minimum Gasteiger partial charge on any atom is -0.383 e. The Labute approximate surface area is 110 Å². The highest BCUT2D eigenvalue weighted by Crippen LogP contribution is 2.20. The van der Waals surface area contributed by atoms with Crippen LogP contribution in [0.1, 0.15) is 27.7 Å². The Bertz CT molecular complexity index is 271. The van der Waals surface area contributed by atoms with Gasteiger partial charge in [0.15, 0.2) is 5.11 Å². The first-order valence-corrected chi connectivity index (χ1v) is 6.47. The number of hydrogen-bond acceptors (Lipinski definition) is 3. The van der Waals surface area contributed by atoms with E-state index in [9.17, 15) is 0 Å². The lowest BCUT2D eigenvalue weighted by Gasteiger charge is -2.43. The zero-order chi connectivity index (χ0) is 13.1. The lowest BCUT2D eigenvalue weighted by Crippen LogP contribution is -2.57. The van der Waals surface area contributed by atoms with E-state index in [-0.39, 0.29) is 17.7 Å². The first-order chi connectivity index (χ1) is 7.84. The Morgan fingerprint density at radius 3 is 2.82 bits per heavy atom. The fourth-order valence-electron chi connectivity index (χ4n) is 2.20. The van der Waals surface area contributed by atoms with Crippen molar-refractivity contribution < 1.29 is 9.47 Å². The number of methoxy groups -OCH3 is 1. The van der Waals surface area contributed by atoms with Crippen molar-refractivity contribution in [2.75, 3.05) is 26.8 Å². The van der Waals surface area contributed by atoms with Crippen LogP contribution in [0.5, 0.6) is 0 Å². The lowest BCUT2D eigenvalue weighted by atomic mass is 10.1. The molecule has 1 fully saturated rings. The predicted octanol–water partition coefficient (Wildman–Crippen LogP) is 1.40. The number of morpholine rings is 1. The van der Waals surface area contributed by atoms with Gasteiger partial charge >= 0.3 is 0 Å². The second kappa shape index (κ2) is 5.98. The Hall–Kier alpha value is -0.390. The van der Waals surface area contributed by atoms with Gasteiger partial charge in [-0.15, -0.1) is 0 Å². The lowest BCUT2D eigenvalue weighted by molar-refractivity contribution is -0.113. The second-order valence-corrected chi connectivity index (χ2v) is 5.76. The number of nitrogens with zero attached hydrogens (tertiary/aromatic N) is 1. The van der Waals surface area contributed by atoms with Gasteiger partial charge in [0.2, 0.25) is 0 Å². The van der Waals surface area contributed by atoms with E-state index in [1.54, 1.807) is 7.11 Å². The van der Waals surface area contributed by atoms with E-state index in [0.717, 1.165) is 18.2 Å². The molecule has 0 aliphatic carbocycles. The number of thiocarbonyl (C=S) groups is 1. The van der Waals surface area contributed by atoms with Crippen LogP contribution in [0.25, 0.3) is 0 Å². The fraction of sp³-hybridized carbons (Fsp3) is 0.917. The first kappa shape index (κ1) is 14.7. The van der Waals surface area contributed by atoms with Crippen LogP contribution in [-0.2, 0) is 9.47 Å². The highest BCUT2D eigenvalue weighted by atomic mass is 32.1. The van der Waals surface area contributed by atoms with Crippen LogP contribution in [0.3, 0.4) is 0 Å². The molecule has 2 atom stereocenters. The molecule has 1 aliphatic rings. The quantitative estimate of drug-likeness (QED) is 0.776. The summed E-state index contributed by atoms with van der Waals surface area (Å²) >= 11 is 5.42. The normalized spacial score (nSPS) is 25.5. The van der Waals surface area contributed by atoms with E-state index in [1.165, 1.54) is 0 Å². The Morgan fingerprint density at radius 1 is 1.65 bits per heavy atom. The Morgan fingerprint density at radius 2 is 2.29 bits per heavy atom. The topological polar surface area (TPSA) is 33.7 Å². The van der Waals surface area contributed by atoms with Crippen molar-refractivity contribution in [2.24, 2.45) is 0 Å². The summed E-state index contributed by atoms with van der Waals surface area (Å²) in [7, 11) is 1.70. The molecule has 4 nitrogen and oxygen atoms in total. The summed E-state index contributed by atoms with van der Waals surface area (Å²) in [4.78, 5) is 2.18. The van der Waals surface area contributed by atoms with Crippen LogP contribution in [0.15, 0.2) is 0 Å². The average molecular weight is 260 g/mol. The second-order valence-electron chi connectivity index (χ2n) is 5.37. The smallest absolute Gasteiger partial charge is 0.169 e. The van der Waals surface area contributed by atoms with Gasteiger partial charge in [-0.25, -0.2) is 0 Å². The molecule has 0 saturated carbocycles. The summed E-state index contributed by atoms with van der Waals surface area (Å²) in [5, 5.41) is 4.08. The number of ether oxygens (including phenoxy) is 2. The third-order valence-corrected chi connectivity index (χ3v) is 3.02. The number of rotatable bonds is 3. The molecule has 0 aromatic carbocycles. The molecule has 1 heterocycles. The van der Waals surface area contributed by atoms with Gasteiger partial charge < -0.3 is 19.7 Å². The van der Waals surface area contributed by atoms with E-state index in [2.05, 4.69) is 37.9 Å². The van der Waals surface area contributed by atoms with Gasteiger partial charge in [0, 0.05) is 26.2 Å². The predicted molar refractivity (Wildman–Crippen MR) is 73.3 cm³/mol. The van der Waals surface area contributed by atoms with Crippen molar-refractivity contribution in [3.8, 4) is 0 Å². The van der Waals surface area contributed by atoms with Gasteiger partial charge in [-0.2, -0.15) is 0 Å². The monoisotopic (exact) mass is 260 g/mol. The van der Waals surface area contributed by atoms with Crippen LogP contribution in [-0.4, -0.2) is 54.6 Å². The van der Waals surface area contributed by atoms with E-state index in [4.69, 9.17) is 21.7 Å². The average Bonchev–Trinajstić information content (AvgIpc) is 2.14. The summed E-state index contributed by atoms with van der Waals surface area (Å²) in [6, 6.07) is 0.230. The summed E-state index contributed by atoms with van der Waals surface area (Å²) in [5.74, 6) is 0. The molecule has 0 aromatic rings. The summed E-state index contributed by atoms with van der Waals surface area (Å²) < 4.78 is 10.9. The van der Waals surface area contributed by atoms with Crippen LogP contribution >= 0.6 is 12.2 Å². The standard InChI is InChI=1S/C12H24N2O2S/c1-9(7-15-5)13-11(17)14-6-10(2)16-12(3,4)8-14/h9-10H,6-8H2,1-5H3,(H,13,17). The van der Waals surface area contributed by atoms with Crippen molar-refractivity contribution in [1.29, 1.82) is 0 Å². The molecular formula is C12H24N2O2S. The molecule has 17 heavy (non-hydrogen) atoms. The summed E-state index contributed by atoms with van der Waals surface area (Å²) in [6.07, 6.45) is 0.205. The number of hydrogen-bond donors (Lipinski definition) is 1. The van der Waals surface area contributed by atoms with E-state index in [1.807, 2.05) is 0 Å². The summed E-state index contributed by atoms with van der Waals surface area (Å²) in [6.45, 7) is 10.6. The molecule has 0 aromatic heterocycles. The van der Waals surface area contributed by atoms with E-state index < -0.39 is 0 Å². The molecule has 0 radical (unpaired) electrons. The van der Waals surface area contributed by atoms with Gasteiger partial charge in [-0.1, -0.05) is 0 Å². The molecule has 1 N–H and O–H groups in total. The molecule has 2 unspecified atom stereocenters. The molecule has 100 valence electrons. The molecule has 1 saturated heterocycles. The maximum atomic E-state index is 5.85. The van der Waals surface area contributed by atoms with Crippen LogP contribution in [0.4, 0.5) is 0 Å². The van der Waals surface area contributed by atoms with E-state index >= 15 is 0 Å². The molecule has 1 rings (SSSR count). The SMILES string of the molecule is COCC(C)NC(=S)N1CC(C)OC(C)(C)C1. The van der Waals surface area contributed by atoms with Crippen molar-refractivity contribution in [2.45, 2.75) is 45.4 Å². The van der Waals surface area contributed by atoms with Gasteiger partial charge in [0.25, 0.3) is 0 Å². The van der Waals surface area contributed by atoms with Gasteiger partial charge in [0.05, 0.1) is 18.3 Å². The fourth-order valence-corrected chi connectivity index (χ4v) is 2.54. The molecular weight excluding hydrogens is 236 g/mol. The minimum absolute atomic E-state index is 0.145. The van der Waals surface area contributed by atoms with Gasteiger partial charge in [0.1, 0.15) is 0 Å².